The van der Waals surface area contributed by atoms with E-state index >= 15 is 0 Å². The summed E-state index contributed by atoms with van der Waals surface area (Å²) < 4.78 is 36.9. The molecule has 0 radical (unpaired) electrons. The van der Waals surface area contributed by atoms with Gasteiger partial charge in [0.05, 0.1) is 40.2 Å². The van der Waals surface area contributed by atoms with E-state index < -0.39 is 10.0 Å². The van der Waals surface area contributed by atoms with Crippen molar-refractivity contribution in [1.29, 1.82) is 5.26 Å². The Bertz CT molecular complexity index is 1480. The number of hydrogen-bond donors (Lipinski definition) is 0. The number of imidazole rings is 1. The number of nitrogens with zero attached hydrogens (tertiary/aromatic N) is 5. The fraction of sp³-hybridized carbons (Fsp3) is 0.304. The average Bonchev–Trinajstić information content (AvgIpc) is 3.39. The van der Waals surface area contributed by atoms with Gasteiger partial charge in [-0.15, -0.1) is 0 Å². The van der Waals surface area contributed by atoms with Crippen LogP contribution in [0.2, 0.25) is 0 Å². The fourth-order valence-electron chi connectivity index (χ4n) is 4.16. The second-order valence-electron chi connectivity index (χ2n) is 7.73. The molecule has 1 fully saturated rings. The van der Waals surface area contributed by atoms with Gasteiger partial charge in [-0.25, -0.2) is 13.4 Å². The molecule has 0 amide bonds. The second-order valence-corrected chi connectivity index (χ2v) is 10.6. The molecule has 1 aliphatic heterocycles. The highest BCUT2D eigenvalue weighted by molar-refractivity contribution is 7.98. The fourth-order valence-corrected chi connectivity index (χ4v) is 6.64. The lowest BCUT2D eigenvalue weighted by atomic mass is 10.2. The minimum atomic E-state index is -3.58. The molecule has 170 valence electrons. The number of rotatable bonds is 6. The standard InChI is InChI=1S/C23H23N5O3S2/c1-2-28-22-7-6-18(33(29,30)27-9-11-31-12-10-27)13-20(22)25-23(28)32-16-17-15-26-8-4-3-5-21(26)19(17)14-24/h3-8,13,15H,2,9-12,16H2,1H3. The van der Waals surface area contributed by atoms with Crippen molar-refractivity contribution in [1.82, 2.24) is 18.3 Å². The van der Waals surface area contributed by atoms with Crippen LogP contribution in [0, 0.1) is 11.3 Å². The molecule has 0 saturated carbocycles. The zero-order chi connectivity index (χ0) is 23.0. The maximum Gasteiger partial charge on any atom is 0.243 e. The number of sulfonamides is 1. The second kappa shape index (κ2) is 8.83. The molecular weight excluding hydrogens is 458 g/mol. The number of pyridine rings is 1. The molecule has 1 aliphatic rings. The van der Waals surface area contributed by atoms with Gasteiger partial charge in [-0.2, -0.15) is 9.57 Å². The summed E-state index contributed by atoms with van der Waals surface area (Å²) in [6, 6.07) is 13.3. The van der Waals surface area contributed by atoms with Gasteiger partial charge in [-0.05, 0) is 42.8 Å². The van der Waals surface area contributed by atoms with Crippen LogP contribution < -0.4 is 0 Å². The van der Waals surface area contributed by atoms with Gasteiger partial charge in [0.2, 0.25) is 10.0 Å². The molecule has 10 heteroatoms. The number of benzene rings is 1. The Labute approximate surface area is 196 Å². The molecule has 0 atom stereocenters. The van der Waals surface area contributed by atoms with E-state index in [2.05, 4.69) is 10.6 Å². The predicted octanol–water partition coefficient (Wildman–Crippen LogP) is 3.49. The third-order valence-corrected chi connectivity index (χ3v) is 8.76. The summed E-state index contributed by atoms with van der Waals surface area (Å²) in [5.74, 6) is 0.590. The molecule has 5 rings (SSSR count). The molecular formula is C23H23N5O3S2. The van der Waals surface area contributed by atoms with Gasteiger partial charge in [0.1, 0.15) is 6.07 Å². The van der Waals surface area contributed by atoms with Crippen LogP contribution in [-0.2, 0) is 27.1 Å². The SMILES string of the molecule is CCn1c(SCc2cn3ccccc3c2C#N)nc2cc(S(=O)(=O)N3CCOCC3)ccc21. The molecule has 0 spiro atoms. The third kappa shape index (κ3) is 3.91. The Kier molecular flexibility index (Phi) is 5.88. The van der Waals surface area contributed by atoms with Crippen molar-refractivity contribution in [3.05, 3.63) is 59.9 Å². The number of aromatic nitrogens is 3. The molecule has 3 aromatic heterocycles. The monoisotopic (exact) mass is 481 g/mol. The topological polar surface area (TPSA) is 92.6 Å². The summed E-state index contributed by atoms with van der Waals surface area (Å²) in [5.41, 5.74) is 4.04. The van der Waals surface area contributed by atoms with Gasteiger partial charge >= 0.3 is 0 Å². The first-order valence-electron chi connectivity index (χ1n) is 10.7. The van der Waals surface area contributed by atoms with Crippen LogP contribution in [-0.4, -0.2) is 53.0 Å². The smallest absolute Gasteiger partial charge is 0.243 e. The van der Waals surface area contributed by atoms with Crippen LogP contribution in [0.5, 0.6) is 0 Å². The summed E-state index contributed by atoms with van der Waals surface area (Å²) in [4.78, 5) is 5.01. The number of hydrogen-bond acceptors (Lipinski definition) is 6. The van der Waals surface area contributed by atoms with Crippen LogP contribution >= 0.6 is 11.8 Å². The molecule has 0 N–H and O–H groups in total. The van der Waals surface area contributed by atoms with Crippen LogP contribution in [0.1, 0.15) is 18.1 Å². The number of morpholine rings is 1. The van der Waals surface area contributed by atoms with E-state index in [1.165, 1.54) is 4.31 Å². The number of ether oxygens (including phenoxy) is 1. The Morgan fingerprint density at radius 2 is 2.00 bits per heavy atom. The molecule has 1 saturated heterocycles. The van der Waals surface area contributed by atoms with Crippen molar-refractivity contribution in [3.63, 3.8) is 0 Å². The van der Waals surface area contributed by atoms with Gasteiger partial charge in [-0.3, -0.25) is 0 Å². The highest BCUT2D eigenvalue weighted by Crippen LogP contribution is 2.31. The van der Waals surface area contributed by atoms with Crippen molar-refractivity contribution in [2.75, 3.05) is 26.3 Å². The van der Waals surface area contributed by atoms with Gasteiger partial charge in [0, 0.05) is 37.8 Å². The van der Waals surface area contributed by atoms with Gasteiger partial charge in [0.15, 0.2) is 5.16 Å². The van der Waals surface area contributed by atoms with E-state index in [1.54, 1.807) is 23.9 Å². The zero-order valence-corrected chi connectivity index (χ0v) is 19.8. The number of thioether (sulfide) groups is 1. The van der Waals surface area contributed by atoms with Crippen molar-refractivity contribution in [2.45, 2.75) is 29.3 Å². The van der Waals surface area contributed by atoms with E-state index in [0.717, 1.165) is 21.8 Å². The highest BCUT2D eigenvalue weighted by atomic mass is 32.2. The first-order valence-corrected chi connectivity index (χ1v) is 13.1. The molecule has 8 nitrogen and oxygen atoms in total. The van der Waals surface area contributed by atoms with Crippen LogP contribution in [0.15, 0.2) is 58.8 Å². The van der Waals surface area contributed by atoms with E-state index in [0.29, 0.717) is 49.7 Å². The van der Waals surface area contributed by atoms with Crippen molar-refractivity contribution in [2.24, 2.45) is 0 Å². The lowest BCUT2D eigenvalue weighted by molar-refractivity contribution is 0.0730. The Hall–Kier alpha value is -2.84. The van der Waals surface area contributed by atoms with Gasteiger partial charge in [0.25, 0.3) is 0 Å². The summed E-state index contributed by atoms with van der Waals surface area (Å²) >= 11 is 1.55. The first kappa shape index (κ1) is 22.0. The van der Waals surface area contributed by atoms with Crippen molar-refractivity contribution >= 4 is 38.3 Å². The Balaban J connectivity index is 1.46. The molecule has 4 aromatic rings. The summed E-state index contributed by atoms with van der Waals surface area (Å²) in [5, 5.41) is 10.5. The Morgan fingerprint density at radius 1 is 1.18 bits per heavy atom. The van der Waals surface area contributed by atoms with Crippen LogP contribution in [0.4, 0.5) is 0 Å². The minimum Gasteiger partial charge on any atom is -0.379 e. The molecule has 33 heavy (non-hydrogen) atoms. The third-order valence-electron chi connectivity index (χ3n) is 5.84. The summed E-state index contributed by atoms with van der Waals surface area (Å²) in [6.45, 7) is 4.28. The van der Waals surface area contributed by atoms with E-state index in [1.807, 2.05) is 48.0 Å². The molecule has 1 aromatic carbocycles. The molecule has 0 aliphatic carbocycles. The maximum absolute atomic E-state index is 13.1. The molecule has 0 unspecified atom stereocenters. The largest absolute Gasteiger partial charge is 0.379 e. The van der Waals surface area contributed by atoms with E-state index in [4.69, 9.17) is 9.72 Å². The summed E-state index contributed by atoms with van der Waals surface area (Å²) in [6.07, 6.45) is 3.91. The van der Waals surface area contributed by atoms with E-state index in [9.17, 15) is 13.7 Å². The average molecular weight is 482 g/mol. The van der Waals surface area contributed by atoms with Crippen LogP contribution in [0.25, 0.3) is 16.6 Å². The predicted molar refractivity (Wildman–Crippen MR) is 127 cm³/mol. The van der Waals surface area contributed by atoms with Crippen LogP contribution in [0.3, 0.4) is 0 Å². The minimum absolute atomic E-state index is 0.250. The normalized spacial score (nSPS) is 15.3. The lowest BCUT2D eigenvalue weighted by Gasteiger charge is -2.26. The number of fused-ring (bicyclic) bond motifs is 2. The lowest BCUT2D eigenvalue weighted by Crippen LogP contribution is -2.40. The molecule has 4 heterocycles. The molecule has 0 bridgehead atoms. The number of aryl methyl sites for hydroxylation is 1. The number of nitriles is 1. The van der Waals surface area contributed by atoms with E-state index in [-0.39, 0.29) is 4.90 Å². The van der Waals surface area contributed by atoms with Gasteiger partial charge in [-0.1, -0.05) is 17.8 Å². The summed E-state index contributed by atoms with van der Waals surface area (Å²) in [7, 11) is -3.58. The first-order chi connectivity index (χ1) is 16.0. The van der Waals surface area contributed by atoms with Crippen molar-refractivity contribution < 1.29 is 13.2 Å². The quantitative estimate of drug-likeness (QED) is 0.392. The highest BCUT2D eigenvalue weighted by Gasteiger charge is 2.27. The zero-order valence-electron chi connectivity index (χ0n) is 18.1. The Morgan fingerprint density at radius 3 is 2.76 bits per heavy atom. The van der Waals surface area contributed by atoms with Crippen molar-refractivity contribution in [3.8, 4) is 6.07 Å². The van der Waals surface area contributed by atoms with Gasteiger partial charge < -0.3 is 13.7 Å². The maximum atomic E-state index is 13.1.